The van der Waals surface area contributed by atoms with E-state index in [1.807, 2.05) is 0 Å². The SMILES string of the molecule is Nc1cc(Nc2nc(Cl)nc(Cl)n2)c(N=Nc2ccc(S(=O)(=O)CCOSOO[O-])cc2S(=O)(=O)[O-])cc1S(=O)(=O)[O-].[Na+].[Na+].[Na+]. The van der Waals surface area contributed by atoms with Crippen LogP contribution < -0.4 is 105 Å². The van der Waals surface area contributed by atoms with Crippen molar-refractivity contribution in [3.63, 3.8) is 0 Å². The summed E-state index contributed by atoms with van der Waals surface area (Å²) in [5, 5.41) is 21.9. The molecule has 3 rings (SSSR count). The van der Waals surface area contributed by atoms with E-state index in [1.165, 1.54) is 0 Å². The van der Waals surface area contributed by atoms with Crippen molar-refractivity contribution in [3.05, 3.63) is 40.9 Å². The molecule has 0 fully saturated rings. The maximum atomic E-state index is 12.5. The molecule has 28 heteroatoms. The number of aromatic nitrogens is 3. The molecule has 0 bridgehead atoms. The van der Waals surface area contributed by atoms with Gasteiger partial charge in [0.25, 0.3) is 0 Å². The van der Waals surface area contributed by atoms with Crippen molar-refractivity contribution in [1.29, 1.82) is 0 Å². The first-order valence-corrected chi connectivity index (χ1v) is 16.1. The number of hydrogen-bond donors (Lipinski definition) is 2. The Hall–Kier alpha value is 0.190. The summed E-state index contributed by atoms with van der Waals surface area (Å²) in [5.41, 5.74) is 3.82. The fourth-order valence-electron chi connectivity index (χ4n) is 2.89. The molecule has 0 atom stereocenters. The summed E-state index contributed by atoms with van der Waals surface area (Å²) < 4.78 is 104. The van der Waals surface area contributed by atoms with Crippen LogP contribution in [0, 0.1) is 0 Å². The molecule has 19 nitrogen and oxygen atoms in total. The number of halogens is 2. The molecular weight excluding hydrogens is 762 g/mol. The van der Waals surface area contributed by atoms with Gasteiger partial charge in [0.1, 0.15) is 31.6 Å². The minimum atomic E-state index is -5.37. The molecule has 0 spiro atoms. The zero-order valence-corrected chi connectivity index (χ0v) is 33.7. The molecule has 2 aromatic carbocycles. The van der Waals surface area contributed by atoms with Crippen LogP contribution in [0.2, 0.25) is 10.6 Å². The van der Waals surface area contributed by atoms with Gasteiger partial charge in [-0.05, 0) is 53.5 Å². The van der Waals surface area contributed by atoms with E-state index in [0.29, 0.717) is 12.1 Å². The summed E-state index contributed by atoms with van der Waals surface area (Å²) in [4.78, 5) is 8.36. The van der Waals surface area contributed by atoms with Crippen molar-refractivity contribution in [2.75, 3.05) is 23.4 Å². The summed E-state index contributed by atoms with van der Waals surface area (Å²) in [7, 11) is -14.8. The number of nitrogens with zero attached hydrogens (tertiary/aromatic N) is 5. The van der Waals surface area contributed by atoms with Gasteiger partial charge in [-0.2, -0.15) is 15.0 Å². The first-order valence-electron chi connectivity index (χ1n) is 10.2. The summed E-state index contributed by atoms with van der Waals surface area (Å²) in [5.74, 6) is -1.03. The number of nitrogen functional groups attached to an aromatic ring is 1. The van der Waals surface area contributed by atoms with Gasteiger partial charge < -0.3 is 25.4 Å². The third-order valence-corrected chi connectivity index (χ3v) is 8.74. The molecule has 0 unspecified atom stereocenters. The molecule has 0 aliphatic carbocycles. The van der Waals surface area contributed by atoms with E-state index in [9.17, 15) is 39.6 Å². The summed E-state index contributed by atoms with van der Waals surface area (Å²) in [6, 6.07) is 3.85. The van der Waals surface area contributed by atoms with E-state index in [1.54, 1.807) is 0 Å². The molecule has 1 aromatic heterocycles. The van der Waals surface area contributed by atoms with Crippen molar-refractivity contribution >= 4 is 94.3 Å². The Kier molecular flexibility index (Phi) is 19.5. The topological polar surface area (TPSA) is 301 Å². The van der Waals surface area contributed by atoms with E-state index < -0.39 is 74.2 Å². The largest absolute Gasteiger partial charge is 1.00 e. The fourth-order valence-corrected chi connectivity index (χ4v) is 6.00. The molecule has 0 radical (unpaired) electrons. The number of nitrogens with two attached hydrogens (primary N) is 1. The van der Waals surface area contributed by atoms with Crippen LogP contribution in [-0.4, -0.2) is 61.7 Å². The number of sulfone groups is 1. The van der Waals surface area contributed by atoms with Crippen LogP contribution in [0.4, 0.5) is 28.7 Å². The third-order valence-electron chi connectivity index (χ3n) is 4.59. The van der Waals surface area contributed by atoms with E-state index in [2.05, 4.69) is 44.1 Å². The van der Waals surface area contributed by atoms with Gasteiger partial charge >= 0.3 is 88.7 Å². The first kappa shape index (κ1) is 45.2. The number of hydrogen-bond acceptors (Lipinski definition) is 20. The normalized spacial score (nSPS) is 11.8. The third kappa shape index (κ3) is 13.6. The molecule has 1 heterocycles. The number of anilines is 3. The molecule has 0 saturated heterocycles. The van der Waals surface area contributed by atoms with Crippen molar-refractivity contribution in [2.24, 2.45) is 10.2 Å². The average molecular weight is 774 g/mol. The molecule has 3 N–H and O–H groups in total. The monoisotopic (exact) mass is 773 g/mol. The molecule has 228 valence electrons. The number of azo groups is 1. The van der Waals surface area contributed by atoms with Crippen molar-refractivity contribution < 1.29 is 142 Å². The smallest absolute Gasteiger partial charge is 0.744 e. The Balaban J connectivity index is 0.00000645. The van der Waals surface area contributed by atoms with Gasteiger partial charge in [0, 0.05) is 0 Å². The van der Waals surface area contributed by atoms with Gasteiger partial charge in [0.05, 0.1) is 38.4 Å². The van der Waals surface area contributed by atoms with Crippen LogP contribution in [0.15, 0.2) is 55.2 Å². The van der Waals surface area contributed by atoms with Crippen LogP contribution >= 0.6 is 35.5 Å². The Morgan fingerprint density at radius 2 is 1.44 bits per heavy atom. The van der Waals surface area contributed by atoms with E-state index in [0.717, 1.165) is 18.2 Å². The standard InChI is InChI=1S/C17H15Cl2N7O12S4.3Na/c18-15-22-16(19)24-17(23-15)21-11-6-9(20)13(41(30,31)32)7-12(11)26-25-10-2-1-8(5-14(10)42(33,34)35)40(28,29)4-3-36-39-38-37-27;;;/h1-2,5-7,27H,3-4,20H2,(H,30,31,32)(H,33,34,35)(H,21,22,23,24);;;/q;3*+1/p-3. The van der Waals surface area contributed by atoms with Crippen molar-refractivity contribution in [3.8, 4) is 0 Å². The van der Waals surface area contributed by atoms with Crippen LogP contribution in [0.25, 0.3) is 0 Å². The van der Waals surface area contributed by atoms with Gasteiger partial charge in [-0.15, -0.1) is 14.6 Å². The molecule has 0 saturated carbocycles. The van der Waals surface area contributed by atoms with Gasteiger partial charge in [-0.1, -0.05) is 0 Å². The quantitative estimate of drug-likeness (QED) is 0.0238. The van der Waals surface area contributed by atoms with E-state index in [-0.39, 0.29) is 123 Å². The van der Waals surface area contributed by atoms with Gasteiger partial charge in [0.2, 0.25) is 16.5 Å². The molecule has 0 aliphatic heterocycles. The van der Waals surface area contributed by atoms with Gasteiger partial charge in [-0.3, -0.25) is 9.22 Å². The zero-order valence-electron chi connectivity index (χ0n) is 22.9. The average Bonchev–Trinajstić information content (AvgIpc) is 2.86. The Bertz CT molecular complexity index is 1840. The van der Waals surface area contributed by atoms with Crippen LogP contribution in [-0.2, 0) is 43.6 Å². The molecule has 45 heavy (non-hydrogen) atoms. The van der Waals surface area contributed by atoms with Crippen LogP contribution in [0.1, 0.15) is 0 Å². The second-order valence-corrected chi connectivity index (χ2v) is 13.3. The summed E-state index contributed by atoms with van der Waals surface area (Å²) in [6.07, 6.45) is 0. The predicted molar refractivity (Wildman–Crippen MR) is 138 cm³/mol. The van der Waals surface area contributed by atoms with Gasteiger partial charge in [-0.25, -0.2) is 25.3 Å². The Morgan fingerprint density at radius 3 is 2.00 bits per heavy atom. The fraction of sp³-hybridized carbons (Fsp3) is 0.118. The summed E-state index contributed by atoms with van der Waals surface area (Å²) >= 11 is 11.5. The number of rotatable bonds is 13. The number of nitrogens with one attached hydrogen (secondary N) is 1. The minimum absolute atomic E-state index is 0. The predicted octanol–water partition coefficient (Wildman–Crippen LogP) is -7.68. The van der Waals surface area contributed by atoms with Crippen LogP contribution in [0.5, 0.6) is 0 Å². The van der Waals surface area contributed by atoms with Crippen molar-refractivity contribution in [2.45, 2.75) is 14.7 Å². The van der Waals surface area contributed by atoms with E-state index >= 15 is 0 Å². The van der Waals surface area contributed by atoms with Gasteiger partial charge in [0.15, 0.2) is 22.2 Å². The maximum Gasteiger partial charge on any atom is 1.00 e. The molecule has 0 amide bonds. The Morgan fingerprint density at radius 1 is 0.867 bits per heavy atom. The molecule has 3 aromatic rings. The Labute approximate surface area is 336 Å². The molecular formula is C17H12Cl2N7Na3O12S4. The van der Waals surface area contributed by atoms with E-state index in [4.69, 9.17) is 28.9 Å². The second kappa shape index (κ2) is 19.4. The maximum absolute atomic E-state index is 12.5. The molecule has 0 aliphatic rings. The number of benzene rings is 2. The second-order valence-electron chi connectivity index (χ2n) is 7.31. The zero-order chi connectivity index (χ0) is 31.3. The minimum Gasteiger partial charge on any atom is -0.744 e. The summed E-state index contributed by atoms with van der Waals surface area (Å²) in [6.45, 7) is -0.535. The van der Waals surface area contributed by atoms with Crippen molar-refractivity contribution in [1.82, 2.24) is 15.0 Å². The first-order chi connectivity index (χ1) is 19.5. The van der Waals surface area contributed by atoms with Crippen LogP contribution in [0.3, 0.4) is 0 Å².